The van der Waals surface area contributed by atoms with Gasteiger partial charge in [0.15, 0.2) is 0 Å². The smallest absolute Gasteiger partial charge is 0.321 e. The van der Waals surface area contributed by atoms with E-state index in [1.54, 1.807) is 34.2 Å². The lowest BCUT2D eigenvalue weighted by Gasteiger charge is -2.26. The molecule has 174 valence electrons. The zero-order valence-corrected chi connectivity index (χ0v) is 19.4. The van der Waals surface area contributed by atoms with Crippen LogP contribution < -0.4 is 10.6 Å². The molecule has 9 nitrogen and oxygen atoms in total. The van der Waals surface area contributed by atoms with E-state index in [0.717, 1.165) is 22.3 Å². The van der Waals surface area contributed by atoms with E-state index in [4.69, 9.17) is 0 Å². The van der Waals surface area contributed by atoms with Gasteiger partial charge in [-0.15, -0.1) is 0 Å². The van der Waals surface area contributed by atoms with Crippen LogP contribution in [0.5, 0.6) is 0 Å². The van der Waals surface area contributed by atoms with E-state index in [1.807, 2.05) is 63.2 Å². The van der Waals surface area contributed by atoms with Crippen molar-refractivity contribution in [3.63, 3.8) is 0 Å². The summed E-state index contributed by atoms with van der Waals surface area (Å²) in [6.07, 6.45) is 5.10. The largest absolute Gasteiger partial charge is 0.341 e. The molecule has 0 spiro atoms. The first-order chi connectivity index (χ1) is 16.5. The van der Waals surface area contributed by atoms with E-state index in [2.05, 4.69) is 25.7 Å². The van der Waals surface area contributed by atoms with E-state index in [1.165, 1.54) is 0 Å². The molecule has 4 rings (SSSR count). The number of fused-ring (bicyclic) bond motifs is 1. The van der Waals surface area contributed by atoms with Crippen molar-refractivity contribution in [1.29, 1.82) is 0 Å². The highest BCUT2D eigenvalue weighted by atomic mass is 16.2. The Morgan fingerprint density at radius 1 is 1.03 bits per heavy atom. The summed E-state index contributed by atoms with van der Waals surface area (Å²) in [5.74, 6) is 0.196. The van der Waals surface area contributed by atoms with E-state index in [-0.39, 0.29) is 5.91 Å². The molecule has 0 aliphatic heterocycles. The van der Waals surface area contributed by atoms with Gasteiger partial charge < -0.3 is 10.2 Å². The van der Waals surface area contributed by atoms with E-state index >= 15 is 0 Å². The van der Waals surface area contributed by atoms with Crippen LogP contribution in [0, 0.1) is 6.92 Å². The topological polar surface area (TPSA) is 105 Å². The average molecular weight is 458 g/mol. The maximum absolute atomic E-state index is 13.1. The fourth-order valence-corrected chi connectivity index (χ4v) is 3.80. The van der Waals surface area contributed by atoms with Crippen LogP contribution in [0.4, 0.5) is 10.6 Å². The summed E-state index contributed by atoms with van der Waals surface area (Å²) in [4.78, 5) is 36.2. The molecule has 3 amide bonds. The van der Waals surface area contributed by atoms with Gasteiger partial charge in [0.1, 0.15) is 11.9 Å². The number of rotatable bonds is 7. The van der Waals surface area contributed by atoms with Crippen LogP contribution in [0.1, 0.15) is 31.1 Å². The highest BCUT2D eigenvalue weighted by molar-refractivity contribution is 5.95. The molecule has 0 aliphatic rings. The van der Waals surface area contributed by atoms with Gasteiger partial charge in [-0.2, -0.15) is 5.10 Å². The molecule has 0 radical (unpaired) electrons. The van der Waals surface area contributed by atoms with Gasteiger partial charge in [-0.05, 0) is 44.5 Å². The fraction of sp³-hybridized carbons (Fsp3) is 0.240. The van der Waals surface area contributed by atoms with Gasteiger partial charge in [-0.3, -0.25) is 15.1 Å². The first kappa shape index (κ1) is 22.9. The molecule has 0 saturated carbocycles. The summed E-state index contributed by atoms with van der Waals surface area (Å²) in [6, 6.07) is 13.4. The molecule has 1 atom stereocenters. The molecule has 0 saturated heterocycles. The number of likely N-dealkylation sites (N-methyl/N-ethyl adjacent to an activating group) is 1. The third kappa shape index (κ3) is 4.88. The van der Waals surface area contributed by atoms with E-state index < -0.39 is 12.1 Å². The van der Waals surface area contributed by atoms with Crippen molar-refractivity contribution < 1.29 is 9.59 Å². The molecule has 0 bridgehead atoms. The van der Waals surface area contributed by atoms with Crippen molar-refractivity contribution in [2.75, 3.05) is 18.4 Å². The average Bonchev–Trinajstić information content (AvgIpc) is 3.27. The van der Waals surface area contributed by atoms with Gasteiger partial charge >= 0.3 is 6.03 Å². The molecule has 34 heavy (non-hydrogen) atoms. The van der Waals surface area contributed by atoms with Crippen molar-refractivity contribution in [3.05, 3.63) is 78.4 Å². The molecule has 2 N–H and O–H groups in total. The van der Waals surface area contributed by atoms with E-state index in [9.17, 15) is 9.59 Å². The molecule has 0 fully saturated rings. The Kier molecular flexibility index (Phi) is 6.82. The van der Waals surface area contributed by atoms with Gasteiger partial charge in [0.2, 0.25) is 5.91 Å². The summed E-state index contributed by atoms with van der Waals surface area (Å²) in [5.41, 5.74) is 3.28. The third-order valence-electron chi connectivity index (χ3n) is 5.55. The van der Waals surface area contributed by atoms with Crippen LogP contribution in [0.2, 0.25) is 0 Å². The van der Waals surface area contributed by atoms with Crippen LogP contribution in [0.3, 0.4) is 0 Å². The van der Waals surface area contributed by atoms with Crippen LogP contribution in [0.15, 0.2) is 67.1 Å². The lowest BCUT2D eigenvalue weighted by molar-refractivity contribution is -0.133. The van der Waals surface area contributed by atoms with Crippen LogP contribution in [-0.2, 0) is 4.79 Å². The highest BCUT2D eigenvalue weighted by Crippen LogP contribution is 2.21. The number of hydrogen-bond donors (Lipinski definition) is 2. The summed E-state index contributed by atoms with van der Waals surface area (Å²) in [5, 5.41) is 10.8. The molecule has 3 heterocycles. The number of carbonyl (C=O) groups excluding carboxylic acids is 2. The monoisotopic (exact) mass is 457 g/mol. The first-order valence-electron chi connectivity index (χ1n) is 11.2. The van der Waals surface area contributed by atoms with Crippen molar-refractivity contribution >= 4 is 28.7 Å². The van der Waals surface area contributed by atoms with Gasteiger partial charge in [0.05, 0.1) is 23.6 Å². The summed E-state index contributed by atoms with van der Waals surface area (Å²) in [6.45, 7) is 6.86. The normalized spacial score (nSPS) is 11.7. The second kappa shape index (κ2) is 10.1. The van der Waals surface area contributed by atoms with E-state index in [0.29, 0.717) is 24.5 Å². The third-order valence-corrected chi connectivity index (χ3v) is 5.55. The Labute approximate surface area is 197 Å². The number of carbonyl (C=O) groups is 2. The number of hydrogen-bond acceptors (Lipinski definition) is 5. The van der Waals surface area contributed by atoms with Gasteiger partial charge in [-0.1, -0.05) is 30.3 Å². The standard InChI is InChI=1S/C25H27N7O2/c1-4-31(5-2)24(33)23(18-9-7-6-8-10-18)30-25(34)29-22-14-19-15-28-32(21(19)16-27-22)20-11-12-26-17(3)13-20/h6-16,23H,4-5H2,1-3H3,(H2,27,29,30,34). The van der Waals surface area contributed by atoms with Crippen molar-refractivity contribution in [2.45, 2.75) is 26.8 Å². The van der Waals surface area contributed by atoms with Gasteiger partial charge in [0.25, 0.3) is 0 Å². The van der Waals surface area contributed by atoms with Crippen LogP contribution >= 0.6 is 0 Å². The lowest BCUT2D eigenvalue weighted by Crippen LogP contribution is -2.44. The number of aryl methyl sites for hydroxylation is 1. The van der Waals surface area contributed by atoms with Crippen LogP contribution in [-0.4, -0.2) is 49.7 Å². The number of anilines is 1. The fourth-order valence-electron chi connectivity index (χ4n) is 3.80. The lowest BCUT2D eigenvalue weighted by atomic mass is 10.1. The molecule has 4 aromatic rings. The van der Waals surface area contributed by atoms with Crippen molar-refractivity contribution in [2.24, 2.45) is 0 Å². The predicted molar refractivity (Wildman–Crippen MR) is 131 cm³/mol. The summed E-state index contributed by atoms with van der Waals surface area (Å²) >= 11 is 0. The number of urea groups is 1. The number of nitrogens with one attached hydrogen (secondary N) is 2. The molecule has 1 unspecified atom stereocenters. The van der Waals surface area contributed by atoms with Gasteiger partial charge in [0, 0.05) is 30.4 Å². The molecular formula is C25H27N7O2. The second-order valence-electron chi connectivity index (χ2n) is 7.79. The highest BCUT2D eigenvalue weighted by Gasteiger charge is 2.26. The minimum absolute atomic E-state index is 0.163. The number of pyridine rings is 2. The Morgan fingerprint density at radius 2 is 1.79 bits per heavy atom. The van der Waals surface area contributed by atoms with Gasteiger partial charge in [-0.25, -0.2) is 14.5 Å². The maximum Gasteiger partial charge on any atom is 0.321 e. The number of aromatic nitrogens is 4. The zero-order valence-electron chi connectivity index (χ0n) is 19.4. The Morgan fingerprint density at radius 3 is 2.50 bits per heavy atom. The minimum Gasteiger partial charge on any atom is -0.341 e. The molecule has 3 aromatic heterocycles. The Hall–Kier alpha value is -4.27. The Balaban J connectivity index is 1.54. The molecule has 0 aliphatic carbocycles. The minimum atomic E-state index is -0.803. The van der Waals surface area contributed by atoms with Crippen LogP contribution in [0.25, 0.3) is 16.6 Å². The van der Waals surface area contributed by atoms with Crippen molar-refractivity contribution in [1.82, 2.24) is 30.0 Å². The molecule has 9 heteroatoms. The molecule has 1 aromatic carbocycles. The zero-order chi connectivity index (χ0) is 24.1. The predicted octanol–water partition coefficient (Wildman–Crippen LogP) is 3.86. The quantitative estimate of drug-likeness (QED) is 0.439. The maximum atomic E-state index is 13.1. The first-order valence-corrected chi connectivity index (χ1v) is 11.2. The molecular weight excluding hydrogens is 430 g/mol. The Bertz CT molecular complexity index is 1300. The van der Waals surface area contributed by atoms with Crippen molar-refractivity contribution in [3.8, 4) is 5.69 Å². The summed E-state index contributed by atoms with van der Waals surface area (Å²) in [7, 11) is 0. The number of nitrogens with zero attached hydrogens (tertiary/aromatic N) is 5. The number of amides is 3. The summed E-state index contributed by atoms with van der Waals surface area (Å²) < 4.78 is 1.77. The SMILES string of the molecule is CCN(CC)C(=O)C(NC(=O)Nc1cc2cnn(-c3ccnc(C)c3)c2cn1)c1ccccc1. The number of benzene rings is 1. The second-order valence-corrected chi connectivity index (χ2v) is 7.79.